The molecule has 0 aliphatic heterocycles. The molecular formula is C43H78NO8P. The highest BCUT2D eigenvalue weighted by Gasteiger charge is 2.23. The molecule has 2 unspecified atom stereocenters. The van der Waals surface area contributed by atoms with E-state index in [4.69, 9.17) is 13.8 Å². The zero-order valence-corrected chi connectivity index (χ0v) is 34.6. The monoisotopic (exact) mass is 768 g/mol. The lowest BCUT2D eigenvalue weighted by Crippen LogP contribution is -2.27. The molecule has 0 spiro atoms. The number of carbonyl (C=O) groups is 2. The molecule has 0 aromatic heterocycles. The molecule has 53 heavy (non-hydrogen) atoms. The molecule has 0 rings (SSSR count). The SMILES string of the molecule is CCCCC/C=C\C/C=C\C/C=C\C/C=C\CCCCCC(=O)NCCOP(=O)(O)OCC(O)COC(=O)CCCCCCCCCCCCCCC. The molecular weight excluding hydrogens is 689 g/mol. The van der Waals surface area contributed by atoms with Crippen molar-refractivity contribution in [2.75, 3.05) is 26.4 Å². The molecule has 0 fully saturated rings. The quantitative estimate of drug-likeness (QED) is 0.0244. The van der Waals surface area contributed by atoms with Crippen LogP contribution in [0.1, 0.15) is 181 Å². The number of esters is 1. The number of allylic oxidation sites excluding steroid dienone is 8. The van der Waals surface area contributed by atoms with Gasteiger partial charge in [0.25, 0.3) is 0 Å². The van der Waals surface area contributed by atoms with Crippen LogP contribution in [-0.4, -0.2) is 54.3 Å². The summed E-state index contributed by atoms with van der Waals surface area (Å²) in [4.78, 5) is 33.8. The molecule has 1 amide bonds. The summed E-state index contributed by atoms with van der Waals surface area (Å²) < 4.78 is 26.8. The van der Waals surface area contributed by atoms with Gasteiger partial charge in [-0.15, -0.1) is 0 Å². The molecule has 0 aromatic carbocycles. The second-order valence-corrected chi connectivity index (χ2v) is 15.4. The van der Waals surface area contributed by atoms with Gasteiger partial charge in [0.05, 0.1) is 13.2 Å². The number of unbranched alkanes of at least 4 members (excludes halogenated alkanes) is 18. The molecule has 0 aliphatic rings. The minimum Gasteiger partial charge on any atom is -0.463 e. The fourth-order valence-corrected chi connectivity index (χ4v) is 6.30. The van der Waals surface area contributed by atoms with Gasteiger partial charge in [-0.2, -0.15) is 0 Å². The summed E-state index contributed by atoms with van der Waals surface area (Å²) in [6.07, 6.45) is 44.7. The van der Waals surface area contributed by atoms with Crippen LogP contribution in [0.3, 0.4) is 0 Å². The number of amides is 1. The maximum atomic E-state index is 12.1. The van der Waals surface area contributed by atoms with Crippen LogP contribution in [0, 0.1) is 0 Å². The molecule has 0 bridgehead atoms. The Bertz CT molecular complexity index is 1010. The number of aliphatic hydroxyl groups excluding tert-OH is 1. The van der Waals surface area contributed by atoms with Gasteiger partial charge in [-0.1, -0.05) is 159 Å². The van der Waals surface area contributed by atoms with Crippen LogP contribution in [-0.2, 0) is 27.9 Å². The molecule has 10 heteroatoms. The Morgan fingerprint density at radius 3 is 1.57 bits per heavy atom. The van der Waals surface area contributed by atoms with Crippen LogP contribution >= 0.6 is 7.82 Å². The van der Waals surface area contributed by atoms with E-state index in [0.717, 1.165) is 64.2 Å². The van der Waals surface area contributed by atoms with Crippen molar-refractivity contribution in [1.82, 2.24) is 5.32 Å². The van der Waals surface area contributed by atoms with Crippen molar-refractivity contribution in [3.8, 4) is 0 Å². The number of phosphoric acid groups is 1. The first-order valence-electron chi connectivity index (χ1n) is 21.1. The van der Waals surface area contributed by atoms with Crippen molar-refractivity contribution < 1.29 is 37.9 Å². The zero-order valence-electron chi connectivity index (χ0n) is 33.7. The van der Waals surface area contributed by atoms with Crippen molar-refractivity contribution in [1.29, 1.82) is 0 Å². The van der Waals surface area contributed by atoms with Crippen LogP contribution in [0.2, 0.25) is 0 Å². The average molecular weight is 768 g/mol. The molecule has 0 saturated carbocycles. The number of rotatable bonds is 39. The lowest BCUT2D eigenvalue weighted by molar-refractivity contribution is -0.147. The summed E-state index contributed by atoms with van der Waals surface area (Å²) in [5.74, 6) is -0.547. The molecule has 308 valence electrons. The zero-order chi connectivity index (χ0) is 38.9. The maximum Gasteiger partial charge on any atom is 0.472 e. The minimum absolute atomic E-state index is 0.0638. The van der Waals surface area contributed by atoms with Gasteiger partial charge in [0, 0.05) is 19.4 Å². The lowest BCUT2D eigenvalue weighted by Gasteiger charge is -2.15. The molecule has 3 N–H and O–H groups in total. The number of aliphatic hydroxyl groups is 1. The summed E-state index contributed by atoms with van der Waals surface area (Å²) in [6.45, 7) is 3.48. The fraction of sp³-hybridized carbons (Fsp3) is 0.767. The predicted molar refractivity (Wildman–Crippen MR) is 220 cm³/mol. The van der Waals surface area contributed by atoms with Gasteiger partial charge < -0.3 is 20.1 Å². The summed E-state index contributed by atoms with van der Waals surface area (Å²) in [6, 6.07) is 0. The third-order valence-corrected chi connectivity index (χ3v) is 9.75. The Kier molecular flexibility index (Phi) is 38.1. The largest absolute Gasteiger partial charge is 0.472 e. The van der Waals surface area contributed by atoms with Gasteiger partial charge in [-0.25, -0.2) is 4.57 Å². The Labute approximate surface area is 324 Å². The second kappa shape index (κ2) is 39.7. The van der Waals surface area contributed by atoms with Crippen LogP contribution in [0.15, 0.2) is 48.6 Å². The van der Waals surface area contributed by atoms with E-state index in [0.29, 0.717) is 6.42 Å². The maximum absolute atomic E-state index is 12.1. The average Bonchev–Trinajstić information content (AvgIpc) is 3.14. The number of hydrogen-bond donors (Lipinski definition) is 3. The summed E-state index contributed by atoms with van der Waals surface area (Å²) in [5.41, 5.74) is 0. The first-order chi connectivity index (χ1) is 25.8. The van der Waals surface area contributed by atoms with E-state index < -0.39 is 26.5 Å². The van der Waals surface area contributed by atoms with Crippen molar-refractivity contribution in [2.24, 2.45) is 0 Å². The molecule has 0 saturated heterocycles. The van der Waals surface area contributed by atoms with E-state index in [9.17, 15) is 24.2 Å². The Morgan fingerprint density at radius 1 is 0.585 bits per heavy atom. The van der Waals surface area contributed by atoms with Crippen molar-refractivity contribution in [3.63, 3.8) is 0 Å². The normalized spacial score (nSPS) is 13.8. The Hall–Kier alpha value is -2.03. The number of ether oxygens (including phenoxy) is 1. The highest BCUT2D eigenvalue weighted by molar-refractivity contribution is 7.47. The smallest absolute Gasteiger partial charge is 0.463 e. The second-order valence-electron chi connectivity index (χ2n) is 14.0. The standard InChI is InChI=1S/C43H78NO8P/c1-3-5-7-9-11-13-15-17-18-19-20-21-22-24-25-27-29-31-33-35-42(46)44-37-38-51-53(48,49)52-40-41(45)39-50-43(47)36-34-32-30-28-26-23-16-14-12-10-8-6-4-2/h11,13,17-18,20-21,24-25,41,45H,3-10,12,14-16,19,22-23,26-40H2,1-2H3,(H,44,46)(H,48,49)/b13-11-,18-17-,21-20-,25-24-. The first-order valence-corrected chi connectivity index (χ1v) is 22.6. The van der Waals surface area contributed by atoms with Gasteiger partial charge in [-0.3, -0.25) is 18.6 Å². The lowest BCUT2D eigenvalue weighted by atomic mass is 10.0. The number of carbonyl (C=O) groups excluding carboxylic acids is 2. The molecule has 0 aromatic rings. The minimum atomic E-state index is -4.42. The van der Waals surface area contributed by atoms with Crippen LogP contribution in [0.25, 0.3) is 0 Å². The summed E-state index contributed by atoms with van der Waals surface area (Å²) >= 11 is 0. The highest BCUT2D eigenvalue weighted by atomic mass is 31.2. The number of hydrogen-bond acceptors (Lipinski definition) is 7. The van der Waals surface area contributed by atoms with Crippen LogP contribution in [0.5, 0.6) is 0 Å². The van der Waals surface area contributed by atoms with E-state index in [1.54, 1.807) is 0 Å². The van der Waals surface area contributed by atoms with Crippen molar-refractivity contribution in [3.05, 3.63) is 48.6 Å². The summed E-state index contributed by atoms with van der Waals surface area (Å²) in [7, 11) is -4.42. The van der Waals surface area contributed by atoms with Gasteiger partial charge in [0.2, 0.25) is 5.91 Å². The van der Waals surface area contributed by atoms with Gasteiger partial charge in [-0.05, 0) is 57.8 Å². The molecule has 2 atom stereocenters. The third kappa shape index (κ3) is 41.0. The van der Waals surface area contributed by atoms with Gasteiger partial charge >= 0.3 is 13.8 Å². The van der Waals surface area contributed by atoms with E-state index >= 15 is 0 Å². The van der Waals surface area contributed by atoms with E-state index in [1.807, 2.05) is 0 Å². The molecule has 9 nitrogen and oxygen atoms in total. The van der Waals surface area contributed by atoms with E-state index in [1.165, 1.54) is 89.9 Å². The van der Waals surface area contributed by atoms with E-state index in [2.05, 4.69) is 67.8 Å². The topological polar surface area (TPSA) is 131 Å². The van der Waals surface area contributed by atoms with Crippen molar-refractivity contribution >= 4 is 19.7 Å². The molecule has 0 heterocycles. The predicted octanol–water partition coefficient (Wildman–Crippen LogP) is 11.5. The van der Waals surface area contributed by atoms with Gasteiger partial charge in [0.15, 0.2) is 0 Å². The molecule has 0 aliphatic carbocycles. The Morgan fingerprint density at radius 2 is 1.02 bits per heavy atom. The third-order valence-electron chi connectivity index (χ3n) is 8.76. The highest BCUT2D eigenvalue weighted by Crippen LogP contribution is 2.42. The summed E-state index contributed by atoms with van der Waals surface area (Å²) in [5, 5.41) is 12.7. The fourth-order valence-electron chi connectivity index (χ4n) is 5.54. The number of phosphoric ester groups is 1. The van der Waals surface area contributed by atoms with Crippen LogP contribution < -0.4 is 5.32 Å². The number of nitrogens with one attached hydrogen (secondary N) is 1. The van der Waals surface area contributed by atoms with Crippen LogP contribution in [0.4, 0.5) is 0 Å². The van der Waals surface area contributed by atoms with Gasteiger partial charge in [0.1, 0.15) is 12.7 Å². The van der Waals surface area contributed by atoms with Crippen molar-refractivity contribution in [2.45, 2.75) is 187 Å². The Balaban J connectivity index is 3.67. The first kappa shape index (κ1) is 51.0. The van der Waals surface area contributed by atoms with E-state index in [-0.39, 0.29) is 32.1 Å². The molecule has 0 radical (unpaired) electrons.